The quantitative estimate of drug-likeness (QED) is 0.578. The van der Waals surface area contributed by atoms with Gasteiger partial charge in [-0.1, -0.05) is 24.3 Å². The van der Waals surface area contributed by atoms with Crippen molar-refractivity contribution in [3.63, 3.8) is 0 Å². The highest BCUT2D eigenvalue weighted by atomic mass is 19.4. The number of hydrogen-bond acceptors (Lipinski definition) is 3. The van der Waals surface area contributed by atoms with Crippen LogP contribution in [0.5, 0.6) is 0 Å². The maximum atomic E-state index is 12.9. The summed E-state index contributed by atoms with van der Waals surface area (Å²) < 4.78 is 38.3. The van der Waals surface area contributed by atoms with Crippen LogP contribution in [0.25, 0.3) is 0 Å². The number of aromatic nitrogens is 2. The van der Waals surface area contributed by atoms with Gasteiger partial charge in [0.2, 0.25) is 5.91 Å². The van der Waals surface area contributed by atoms with E-state index in [1.165, 1.54) is 12.1 Å². The lowest BCUT2D eigenvalue weighted by Crippen LogP contribution is -2.32. The molecule has 0 N–H and O–H groups in total. The highest BCUT2D eigenvalue weighted by molar-refractivity contribution is 5.79. The van der Waals surface area contributed by atoms with Crippen molar-refractivity contribution in [2.24, 2.45) is 0 Å². The molecule has 160 valence electrons. The SMILES string of the molecule is O=C(Cc1ccccn1)N1CCC[C@@H]1c1cccc(Cc2ccc(C(F)(F)F)cc2)n1. The molecule has 31 heavy (non-hydrogen) atoms. The van der Waals surface area contributed by atoms with Gasteiger partial charge in [0.1, 0.15) is 0 Å². The molecule has 1 atom stereocenters. The molecule has 7 heteroatoms. The lowest BCUT2D eigenvalue weighted by molar-refractivity contribution is -0.137. The van der Waals surface area contributed by atoms with Crippen LogP contribution in [-0.4, -0.2) is 27.3 Å². The summed E-state index contributed by atoms with van der Waals surface area (Å²) in [6, 6.07) is 16.2. The fourth-order valence-electron chi connectivity index (χ4n) is 3.93. The first-order valence-corrected chi connectivity index (χ1v) is 10.2. The maximum Gasteiger partial charge on any atom is 0.416 e. The Morgan fingerprint density at radius 3 is 2.48 bits per heavy atom. The number of pyridine rings is 2. The topological polar surface area (TPSA) is 46.1 Å². The Morgan fingerprint density at radius 2 is 1.77 bits per heavy atom. The summed E-state index contributed by atoms with van der Waals surface area (Å²) in [6.45, 7) is 0.682. The van der Waals surface area contributed by atoms with E-state index in [2.05, 4.69) is 4.98 Å². The number of benzene rings is 1. The molecule has 1 aliphatic rings. The third-order valence-electron chi connectivity index (χ3n) is 5.47. The zero-order valence-corrected chi connectivity index (χ0v) is 16.8. The van der Waals surface area contributed by atoms with Crippen LogP contribution >= 0.6 is 0 Å². The lowest BCUT2D eigenvalue weighted by Gasteiger charge is -2.24. The molecule has 3 heterocycles. The van der Waals surface area contributed by atoms with E-state index in [9.17, 15) is 18.0 Å². The van der Waals surface area contributed by atoms with Gasteiger partial charge in [-0.25, -0.2) is 0 Å². The van der Waals surface area contributed by atoms with Crippen LogP contribution in [0.4, 0.5) is 13.2 Å². The van der Waals surface area contributed by atoms with Crippen LogP contribution in [0.3, 0.4) is 0 Å². The van der Waals surface area contributed by atoms with Gasteiger partial charge < -0.3 is 4.90 Å². The lowest BCUT2D eigenvalue weighted by atomic mass is 10.0. The third kappa shape index (κ3) is 5.10. The normalized spacial score (nSPS) is 16.5. The zero-order valence-electron chi connectivity index (χ0n) is 16.8. The molecule has 0 bridgehead atoms. The number of rotatable bonds is 5. The molecule has 3 aromatic rings. The highest BCUT2D eigenvalue weighted by Crippen LogP contribution is 2.32. The van der Waals surface area contributed by atoms with Gasteiger partial charge in [-0.15, -0.1) is 0 Å². The number of carbonyl (C=O) groups is 1. The van der Waals surface area contributed by atoms with Gasteiger partial charge >= 0.3 is 6.18 Å². The summed E-state index contributed by atoms with van der Waals surface area (Å²) in [5.41, 5.74) is 2.41. The second-order valence-corrected chi connectivity index (χ2v) is 7.67. The van der Waals surface area contributed by atoms with Crippen LogP contribution in [0.1, 0.15) is 47.1 Å². The molecule has 0 saturated carbocycles. The summed E-state index contributed by atoms with van der Waals surface area (Å²) in [4.78, 5) is 23.7. The van der Waals surface area contributed by atoms with Crippen molar-refractivity contribution in [2.75, 3.05) is 6.54 Å². The van der Waals surface area contributed by atoms with E-state index in [-0.39, 0.29) is 18.4 Å². The van der Waals surface area contributed by atoms with Crippen LogP contribution < -0.4 is 0 Å². The van der Waals surface area contributed by atoms with Crippen LogP contribution in [0.2, 0.25) is 0 Å². The molecule has 1 amide bonds. The number of hydrogen-bond donors (Lipinski definition) is 0. The molecular formula is C24H22F3N3O. The molecular weight excluding hydrogens is 403 g/mol. The van der Waals surface area contributed by atoms with Gasteiger partial charge in [-0.2, -0.15) is 13.2 Å². The smallest absolute Gasteiger partial charge is 0.334 e. The molecule has 1 saturated heterocycles. The highest BCUT2D eigenvalue weighted by Gasteiger charge is 2.31. The van der Waals surface area contributed by atoms with Crippen molar-refractivity contribution in [1.29, 1.82) is 0 Å². The molecule has 0 spiro atoms. The van der Waals surface area contributed by atoms with Crippen molar-refractivity contribution < 1.29 is 18.0 Å². The molecule has 0 unspecified atom stereocenters. The molecule has 1 aliphatic heterocycles. The van der Waals surface area contributed by atoms with E-state index >= 15 is 0 Å². The summed E-state index contributed by atoms with van der Waals surface area (Å²) in [5, 5.41) is 0. The monoisotopic (exact) mass is 425 g/mol. The Bertz CT molecular complexity index is 1040. The Hall–Kier alpha value is -3.22. The van der Waals surface area contributed by atoms with E-state index < -0.39 is 11.7 Å². The predicted molar refractivity (Wildman–Crippen MR) is 110 cm³/mol. The van der Waals surface area contributed by atoms with Gasteiger partial charge in [0.25, 0.3) is 0 Å². The molecule has 0 radical (unpaired) electrons. The predicted octanol–water partition coefficient (Wildman–Crippen LogP) is 4.99. The Balaban J connectivity index is 1.47. The van der Waals surface area contributed by atoms with E-state index in [1.807, 2.05) is 41.3 Å². The van der Waals surface area contributed by atoms with Crippen LogP contribution in [0, 0.1) is 0 Å². The number of carbonyl (C=O) groups excluding carboxylic acids is 1. The van der Waals surface area contributed by atoms with Crippen LogP contribution in [0.15, 0.2) is 66.9 Å². The maximum absolute atomic E-state index is 12.9. The van der Waals surface area contributed by atoms with Crippen molar-refractivity contribution >= 4 is 5.91 Å². The Morgan fingerprint density at radius 1 is 1.00 bits per heavy atom. The largest absolute Gasteiger partial charge is 0.416 e. The van der Waals surface area contributed by atoms with Crippen molar-refractivity contribution in [1.82, 2.24) is 14.9 Å². The van der Waals surface area contributed by atoms with Crippen molar-refractivity contribution in [3.8, 4) is 0 Å². The van der Waals surface area contributed by atoms with Gasteiger partial charge in [0.15, 0.2) is 0 Å². The van der Waals surface area contributed by atoms with E-state index in [4.69, 9.17) is 4.98 Å². The molecule has 2 aromatic heterocycles. The van der Waals surface area contributed by atoms with Gasteiger partial charge in [-0.3, -0.25) is 14.8 Å². The van der Waals surface area contributed by atoms with E-state index in [1.54, 1.807) is 6.20 Å². The number of halogens is 3. The molecule has 0 aliphatic carbocycles. The Labute approximate surface area is 178 Å². The van der Waals surface area contributed by atoms with Crippen molar-refractivity contribution in [3.05, 3.63) is 95.1 Å². The number of amides is 1. The third-order valence-corrected chi connectivity index (χ3v) is 5.47. The number of likely N-dealkylation sites (tertiary alicyclic amines) is 1. The average molecular weight is 425 g/mol. The zero-order chi connectivity index (χ0) is 21.8. The number of nitrogens with zero attached hydrogens (tertiary/aromatic N) is 3. The van der Waals surface area contributed by atoms with Gasteiger partial charge in [0, 0.05) is 30.6 Å². The van der Waals surface area contributed by atoms with E-state index in [0.717, 1.165) is 47.6 Å². The minimum Gasteiger partial charge on any atom is -0.334 e. The minimum absolute atomic E-state index is 0.0242. The Kier molecular flexibility index (Phi) is 6.02. The van der Waals surface area contributed by atoms with Crippen LogP contribution in [-0.2, 0) is 23.8 Å². The molecule has 1 aromatic carbocycles. The fraction of sp³-hybridized carbons (Fsp3) is 0.292. The molecule has 4 nitrogen and oxygen atoms in total. The van der Waals surface area contributed by atoms with E-state index in [0.29, 0.717) is 13.0 Å². The minimum atomic E-state index is -4.34. The first-order valence-electron chi connectivity index (χ1n) is 10.2. The number of alkyl halides is 3. The first kappa shape index (κ1) is 21.0. The summed E-state index contributed by atoms with van der Waals surface area (Å²) >= 11 is 0. The van der Waals surface area contributed by atoms with Gasteiger partial charge in [0.05, 0.1) is 23.7 Å². The summed E-state index contributed by atoms with van der Waals surface area (Å²) in [6.07, 6.45) is -0.238. The standard InChI is InChI=1S/C24H22F3N3O/c25-24(26,27)18-11-9-17(10-12-18)15-20-6-3-7-21(29-20)22-8-4-14-30(22)23(31)16-19-5-1-2-13-28-19/h1-3,5-7,9-13,22H,4,8,14-16H2/t22-/m1/s1. The molecule has 1 fully saturated rings. The summed E-state index contributed by atoms with van der Waals surface area (Å²) in [7, 11) is 0. The van der Waals surface area contributed by atoms with Crippen molar-refractivity contribution in [2.45, 2.75) is 37.9 Å². The average Bonchev–Trinajstić information content (AvgIpc) is 3.25. The first-order chi connectivity index (χ1) is 14.9. The second kappa shape index (κ2) is 8.88. The fourth-order valence-corrected chi connectivity index (χ4v) is 3.93. The van der Waals surface area contributed by atoms with Gasteiger partial charge in [-0.05, 0) is 54.8 Å². The second-order valence-electron chi connectivity index (χ2n) is 7.67. The molecule has 4 rings (SSSR count). The summed E-state index contributed by atoms with van der Waals surface area (Å²) in [5.74, 6) is 0.0242.